The van der Waals surface area contributed by atoms with Gasteiger partial charge in [-0.15, -0.1) is 11.3 Å². The molecule has 0 unspecified atom stereocenters. The normalized spacial score (nSPS) is 11.1. The van der Waals surface area contributed by atoms with Crippen LogP contribution >= 0.6 is 11.3 Å². The highest BCUT2D eigenvalue weighted by Gasteiger charge is 2.21. The maximum atomic E-state index is 12.6. The van der Waals surface area contributed by atoms with Crippen LogP contribution < -0.4 is 4.72 Å². The maximum absolute atomic E-state index is 12.6. The largest absolute Gasteiger partial charge is 0.355 e. The topological polar surface area (TPSA) is 96.0 Å². The van der Waals surface area contributed by atoms with E-state index in [1.807, 2.05) is 6.07 Å². The fourth-order valence-corrected chi connectivity index (χ4v) is 4.66. The Morgan fingerprint density at radius 2 is 2.13 bits per heavy atom. The Labute approximate surface area is 137 Å². The summed E-state index contributed by atoms with van der Waals surface area (Å²) in [5, 5.41) is 12.5. The third-order valence-corrected chi connectivity index (χ3v) is 5.79. The highest BCUT2D eigenvalue weighted by molar-refractivity contribution is 7.93. The van der Waals surface area contributed by atoms with E-state index < -0.39 is 10.0 Å². The molecule has 23 heavy (non-hydrogen) atoms. The van der Waals surface area contributed by atoms with E-state index in [-0.39, 0.29) is 4.90 Å². The van der Waals surface area contributed by atoms with Gasteiger partial charge in [-0.05, 0) is 31.2 Å². The first-order valence-electron chi connectivity index (χ1n) is 6.54. The Hall–Kier alpha value is -2.63. The van der Waals surface area contributed by atoms with Crippen molar-refractivity contribution in [2.45, 2.75) is 11.8 Å². The van der Waals surface area contributed by atoms with Gasteiger partial charge in [-0.25, -0.2) is 8.42 Å². The molecule has 0 spiro atoms. The number of hydrogen-bond donors (Lipinski definition) is 1. The predicted octanol–water partition coefficient (Wildman–Crippen LogP) is 3.38. The molecule has 2 heterocycles. The van der Waals surface area contributed by atoms with Gasteiger partial charge in [0, 0.05) is 10.9 Å². The molecule has 3 rings (SSSR count). The molecule has 116 valence electrons. The van der Waals surface area contributed by atoms with Crippen LogP contribution in [0, 0.1) is 18.3 Å². The number of anilines is 1. The molecule has 6 nitrogen and oxygen atoms in total. The fourth-order valence-electron chi connectivity index (χ4n) is 2.06. The standard InChI is InChI=1S/C15H11N3O3S2/c1-10-15(8-14(22-10)13-5-6-17-21-13)23(19,20)18-12-4-2-3-11(7-12)9-16/h2-8,18H,1H3. The molecular formula is C15H11N3O3S2. The minimum Gasteiger partial charge on any atom is -0.355 e. The summed E-state index contributed by atoms with van der Waals surface area (Å²) in [6.45, 7) is 1.73. The van der Waals surface area contributed by atoms with Crippen molar-refractivity contribution in [3.8, 4) is 16.7 Å². The van der Waals surface area contributed by atoms with Crippen molar-refractivity contribution in [3.05, 3.63) is 53.0 Å². The van der Waals surface area contributed by atoms with Gasteiger partial charge in [0.05, 0.1) is 28.4 Å². The third kappa shape index (κ3) is 3.11. The summed E-state index contributed by atoms with van der Waals surface area (Å²) in [7, 11) is -3.75. The first-order valence-corrected chi connectivity index (χ1v) is 8.84. The minimum atomic E-state index is -3.75. The highest BCUT2D eigenvalue weighted by atomic mass is 32.2. The second-order valence-electron chi connectivity index (χ2n) is 4.71. The lowest BCUT2D eigenvalue weighted by molar-refractivity contribution is 0.433. The van der Waals surface area contributed by atoms with Crippen molar-refractivity contribution >= 4 is 27.0 Å². The Kier molecular flexibility index (Phi) is 3.90. The summed E-state index contributed by atoms with van der Waals surface area (Å²) in [5.41, 5.74) is 0.727. The van der Waals surface area contributed by atoms with Gasteiger partial charge < -0.3 is 4.52 Å². The number of rotatable bonds is 4. The van der Waals surface area contributed by atoms with Crippen LogP contribution in [0.1, 0.15) is 10.4 Å². The number of nitrogens with one attached hydrogen (secondary N) is 1. The Morgan fingerprint density at radius 3 is 2.83 bits per heavy atom. The third-order valence-electron chi connectivity index (χ3n) is 3.09. The second-order valence-corrected chi connectivity index (χ2v) is 7.61. The van der Waals surface area contributed by atoms with Crippen molar-refractivity contribution in [1.82, 2.24) is 5.16 Å². The van der Waals surface area contributed by atoms with Crippen LogP contribution in [0.2, 0.25) is 0 Å². The quantitative estimate of drug-likeness (QED) is 0.782. The zero-order valence-corrected chi connectivity index (χ0v) is 13.6. The smallest absolute Gasteiger partial charge is 0.263 e. The van der Waals surface area contributed by atoms with E-state index in [2.05, 4.69) is 9.88 Å². The zero-order chi connectivity index (χ0) is 16.4. The van der Waals surface area contributed by atoms with Crippen LogP contribution in [0.4, 0.5) is 5.69 Å². The van der Waals surface area contributed by atoms with E-state index in [1.165, 1.54) is 23.6 Å². The summed E-state index contributed by atoms with van der Waals surface area (Å²) in [5.74, 6) is 0.519. The van der Waals surface area contributed by atoms with Crippen LogP contribution in [0.5, 0.6) is 0 Å². The summed E-state index contributed by atoms with van der Waals surface area (Å²) < 4.78 is 32.7. The molecule has 0 aliphatic rings. The van der Waals surface area contributed by atoms with Gasteiger partial charge in [0.15, 0.2) is 5.76 Å². The highest BCUT2D eigenvalue weighted by Crippen LogP contribution is 2.34. The molecule has 0 bridgehead atoms. The molecule has 0 saturated heterocycles. The zero-order valence-electron chi connectivity index (χ0n) is 12.0. The predicted molar refractivity (Wildman–Crippen MR) is 86.5 cm³/mol. The number of nitriles is 1. The number of sulfonamides is 1. The summed E-state index contributed by atoms with van der Waals surface area (Å²) in [6, 6.07) is 11.5. The van der Waals surface area contributed by atoms with Gasteiger partial charge in [0.2, 0.25) is 0 Å². The van der Waals surface area contributed by atoms with E-state index in [9.17, 15) is 8.42 Å². The van der Waals surface area contributed by atoms with E-state index in [0.29, 0.717) is 26.8 Å². The summed E-state index contributed by atoms with van der Waals surface area (Å²) >= 11 is 1.31. The first-order chi connectivity index (χ1) is 11.0. The van der Waals surface area contributed by atoms with Crippen LogP contribution in [0.3, 0.4) is 0 Å². The molecule has 0 saturated carbocycles. The Bertz CT molecular complexity index is 983. The molecular weight excluding hydrogens is 334 g/mol. The van der Waals surface area contributed by atoms with E-state index in [1.54, 1.807) is 37.3 Å². The van der Waals surface area contributed by atoms with E-state index in [4.69, 9.17) is 9.78 Å². The Morgan fingerprint density at radius 1 is 1.30 bits per heavy atom. The molecule has 1 aromatic carbocycles. The van der Waals surface area contributed by atoms with Gasteiger partial charge in [0.1, 0.15) is 4.90 Å². The van der Waals surface area contributed by atoms with E-state index in [0.717, 1.165) is 0 Å². The molecule has 0 fully saturated rings. The van der Waals surface area contributed by atoms with Crippen LogP contribution in [-0.4, -0.2) is 13.6 Å². The molecule has 0 atom stereocenters. The SMILES string of the molecule is Cc1sc(-c2ccno2)cc1S(=O)(=O)Nc1cccc(C#N)c1. The first kappa shape index (κ1) is 15.3. The average molecular weight is 345 g/mol. The number of nitrogens with zero attached hydrogens (tertiary/aromatic N) is 2. The minimum absolute atomic E-state index is 0.177. The molecule has 0 aliphatic carbocycles. The lowest BCUT2D eigenvalue weighted by Crippen LogP contribution is -2.13. The number of benzene rings is 1. The summed E-state index contributed by atoms with van der Waals surface area (Å²) in [4.78, 5) is 1.50. The van der Waals surface area contributed by atoms with Crippen LogP contribution in [0.15, 0.2) is 52.0 Å². The van der Waals surface area contributed by atoms with Crippen LogP contribution in [0.25, 0.3) is 10.6 Å². The number of aryl methyl sites for hydroxylation is 1. The number of thiophene rings is 1. The van der Waals surface area contributed by atoms with Crippen molar-refractivity contribution in [3.63, 3.8) is 0 Å². The lowest BCUT2D eigenvalue weighted by Gasteiger charge is -2.07. The maximum Gasteiger partial charge on any atom is 0.263 e. The van der Waals surface area contributed by atoms with Gasteiger partial charge in [-0.1, -0.05) is 11.2 Å². The molecule has 0 aliphatic heterocycles. The van der Waals surface area contributed by atoms with Gasteiger partial charge >= 0.3 is 0 Å². The summed E-state index contributed by atoms with van der Waals surface area (Å²) in [6.07, 6.45) is 1.50. The van der Waals surface area contributed by atoms with Crippen molar-refractivity contribution in [1.29, 1.82) is 5.26 Å². The molecule has 0 amide bonds. The molecule has 8 heteroatoms. The molecule has 1 N–H and O–H groups in total. The van der Waals surface area contributed by atoms with Crippen molar-refractivity contribution < 1.29 is 12.9 Å². The van der Waals surface area contributed by atoms with Gasteiger partial charge in [-0.2, -0.15) is 5.26 Å². The van der Waals surface area contributed by atoms with Crippen molar-refractivity contribution in [2.24, 2.45) is 0 Å². The fraction of sp³-hybridized carbons (Fsp3) is 0.0667. The number of hydrogen-bond acceptors (Lipinski definition) is 6. The van der Waals surface area contributed by atoms with Crippen LogP contribution in [-0.2, 0) is 10.0 Å². The van der Waals surface area contributed by atoms with Gasteiger partial charge in [0.25, 0.3) is 10.0 Å². The molecule has 3 aromatic rings. The monoisotopic (exact) mass is 345 g/mol. The van der Waals surface area contributed by atoms with E-state index >= 15 is 0 Å². The molecule has 0 radical (unpaired) electrons. The Balaban J connectivity index is 1.95. The number of aromatic nitrogens is 1. The van der Waals surface area contributed by atoms with Crippen molar-refractivity contribution in [2.75, 3.05) is 4.72 Å². The average Bonchev–Trinajstić information content (AvgIpc) is 3.16. The van der Waals surface area contributed by atoms with Gasteiger partial charge in [-0.3, -0.25) is 4.72 Å². The molecule has 2 aromatic heterocycles. The lowest BCUT2D eigenvalue weighted by atomic mass is 10.2. The second kappa shape index (κ2) is 5.87.